The molecular formula is C12H18N2O2S. The molecule has 0 aliphatic carbocycles. The molecule has 1 rings (SSSR count). The van der Waals surface area contributed by atoms with E-state index in [1.54, 1.807) is 6.08 Å². The van der Waals surface area contributed by atoms with Gasteiger partial charge in [0.25, 0.3) is 0 Å². The summed E-state index contributed by atoms with van der Waals surface area (Å²) in [5, 5.41) is 5.09. The van der Waals surface area contributed by atoms with Crippen molar-refractivity contribution < 1.29 is 9.59 Å². The van der Waals surface area contributed by atoms with E-state index in [4.69, 9.17) is 12.2 Å². The molecule has 17 heavy (non-hydrogen) atoms. The summed E-state index contributed by atoms with van der Waals surface area (Å²) in [6.07, 6.45) is 7.05. The standard InChI is InChI=1S/C12H18N2O2S/c1-3-5-6-7-8-12(4-2)9(15)13-11(17)14-10(12)16/h7-8H,3-6H2,1-2H3,(H2,13,14,15,16,17). The molecule has 1 saturated heterocycles. The minimum atomic E-state index is -1.10. The van der Waals surface area contributed by atoms with Crippen molar-refractivity contribution in [3.63, 3.8) is 0 Å². The van der Waals surface area contributed by atoms with Crippen molar-refractivity contribution in [2.24, 2.45) is 5.41 Å². The lowest BCUT2D eigenvalue weighted by molar-refractivity contribution is -0.140. The van der Waals surface area contributed by atoms with Crippen LogP contribution in [0.5, 0.6) is 0 Å². The van der Waals surface area contributed by atoms with Crippen LogP contribution in [0.4, 0.5) is 0 Å². The molecule has 1 aliphatic heterocycles. The van der Waals surface area contributed by atoms with Gasteiger partial charge in [-0.2, -0.15) is 0 Å². The Bertz CT molecular complexity index is 344. The van der Waals surface area contributed by atoms with Gasteiger partial charge in [0, 0.05) is 0 Å². The van der Waals surface area contributed by atoms with E-state index in [1.807, 2.05) is 13.0 Å². The van der Waals surface area contributed by atoms with E-state index in [0.29, 0.717) is 6.42 Å². The summed E-state index contributed by atoms with van der Waals surface area (Å²) in [7, 11) is 0. The van der Waals surface area contributed by atoms with Crippen molar-refractivity contribution in [3.8, 4) is 0 Å². The number of amides is 2. The first-order valence-corrected chi connectivity index (χ1v) is 6.32. The fraction of sp³-hybridized carbons (Fsp3) is 0.583. The molecule has 94 valence electrons. The molecule has 0 unspecified atom stereocenters. The SMILES string of the molecule is CCCCC=CC1(CC)C(=O)NC(=S)NC1=O. The smallest absolute Gasteiger partial charge is 0.245 e. The quantitative estimate of drug-likeness (QED) is 0.339. The van der Waals surface area contributed by atoms with Gasteiger partial charge in [0.05, 0.1) is 0 Å². The van der Waals surface area contributed by atoms with Crippen LogP contribution in [-0.4, -0.2) is 16.9 Å². The van der Waals surface area contributed by atoms with Gasteiger partial charge in [-0.15, -0.1) is 0 Å². The molecule has 0 atom stereocenters. The lowest BCUT2D eigenvalue weighted by Gasteiger charge is -2.31. The van der Waals surface area contributed by atoms with Gasteiger partial charge in [0.2, 0.25) is 11.8 Å². The van der Waals surface area contributed by atoms with Crippen molar-refractivity contribution in [2.75, 3.05) is 0 Å². The van der Waals surface area contributed by atoms with Crippen molar-refractivity contribution in [3.05, 3.63) is 12.2 Å². The number of hydrogen-bond acceptors (Lipinski definition) is 3. The minimum Gasteiger partial charge on any atom is -0.302 e. The third-order valence-corrected chi connectivity index (χ3v) is 3.15. The van der Waals surface area contributed by atoms with Gasteiger partial charge < -0.3 is 10.6 Å². The van der Waals surface area contributed by atoms with Gasteiger partial charge in [0.1, 0.15) is 5.41 Å². The molecule has 0 radical (unpaired) electrons. The molecule has 1 fully saturated rings. The number of rotatable bonds is 5. The molecule has 0 bridgehead atoms. The van der Waals surface area contributed by atoms with E-state index in [2.05, 4.69) is 17.6 Å². The lowest BCUT2D eigenvalue weighted by atomic mass is 9.81. The van der Waals surface area contributed by atoms with Gasteiger partial charge in [-0.3, -0.25) is 9.59 Å². The van der Waals surface area contributed by atoms with Gasteiger partial charge in [-0.05, 0) is 25.1 Å². The molecule has 0 aromatic heterocycles. The molecule has 0 aromatic carbocycles. The average molecular weight is 254 g/mol. The number of allylic oxidation sites excluding steroid dienone is 1. The van der Waals surface area contributed by atoms with Gasteiger partial charge in [0.15, 0.2) is 5.11 Å². The monoisotopic (exact) mass is 254 g/mol. The minimum absolute atomic E-state index is 0.0889. The summed E-state index contributed by atoms with van der Waals surface area (Å²) >= 11 is 4.78. The van der Waals surface area contributed by atoms with Crippen LogP contribution in [-0.2, 0) is 9.59 Å². The number of unbranched alkanes of at least 4 members (excludes halogenated alkanes) is 2. The van der Waals surface area contributed by atoms with Crippen LogP contribution in [0.15, 0.2) is 12.2 Å². The Morgan fingerprint density at radius 3 is 2.29 bits per heavy atom. The Balaban J connectivity index is 2.85. The highest BCUT2D eigenvalue weighted by Gasteiger charge is 2.45. The Labute approximate surface area is 107 Å². The summed E-state index contributed by atoms with van der Waals surface area (Å²) in [5.74, 6) is -0.664. The molecule has 0 saturated carbocycles. The fourth-order valence-electron chi connectivity index (χ4n) is 1.76. The van der Waals surface area contributed by atoms with Gasteiger partial charge in [-0.25, -0.2) is 0 Å². The van der Waals surface area contributed by atoms with Crippen molar-refractivity contribution >= 4 is 29.1 Å². The summed E-state index contributed by atoms with van der Waals surface area (Å²) in [6.45, 7) is 3.92. The molecule has 2 N–H and O–H groups in total. The van der Waals surface area contributed by atoms with E-state index >= 15 is 0 Å². The maximum atomic E-state index is 11.9. The van der Waals surface area contributed by atoms with E-state index in [9.17, 15) is 9.59 Å². The number of nitrogens with one attached hydrogen (secondary N) is 2. The zero-order valence-corrected chi connectivity index (χ0v) is 11.0. The summed E-state index contributed by atoms with van der Waals surface area (Å²) in [6, 6.07) is 0. The molecule has 0 aromatic rings. The summed E-state index contributed by atoms with van der Waals surface area (Å²) < 4.78 is 0. The molecule has 1 aliphatic rings. The Kier molecular flexibility index (Phi) is 4.81. The fourth-order valence-corrected chi connectivity index (χ4v) is 1.95. The topological polar surface area (TPSA) is 58.2 Å². The second-order valence-corrected chi connectivity index (χ2v) is 4.52. The molecule has 4 nitrogen and oxygen atoms in total. The van der Waals surface area contributed by atoms with Crippen LogP contribution >= 0.6 is 12.2 Å². The molecule has 2 amide bonds. The predicted molar refractivity (Wildman–Crippen MR) is 70.3 cm³/mol. The maximum Gasteiger partial charge on any atom is 0.245 e. The number of carbonyl (C=O) groups is 2. The number of hydrogen-bond donors (Lipinski definition) is 2. The maximum absolute atomic E-state index is 11.9. The first kappa shape index (κ1) is 13.8. The Morgan fingerprint density at radius 2 is 1.82 bits per heavy atom. The first-order chi connectivity index (χ1) is 8.06. The molecule has 5 heteroatoms. The average Bonchev–Trinajstić information content (AvgIpc) is 2.27. The second kappa shape index (κ2) is 5.91. The zero-order chi connectivity index (χ0) is 12.9. The van der Waals surface area contributed by atoms with Crippen molar-refractivity contribution in [1.29, 1.82) is 0 Å². The highest BCUT2D eigenvalue weighted by molar-refractivity contribution is 7.80. The van der Waals surface area contributed by atoms with Gasteiger partial charge >= 0.3 is 0 Å². The molecule has 0 spiro atoms. The molecule has 1 heterocycles. The zero-order valence-electron chi connectivity index (χ0n) is 10.2. The van der Waals surface area contributed by atoms with E-state index in [-0.39, 0.29) is 16.9 Å². The van der Waals surface area contributed by atoms with E-state index in [1.165, 1.54) is 0 Å². The van der Waals surface area contributed by atoms with E-state index < -0.39 is 5.41 Å². The van der Waals surface area contributed by atoms with Crippen LogP contribution in [0.2, 0.25) is 0 Å². The second-order valence-electron chi connectivity index (χ2n) is 4.11. The van der Waals surface area contributed by atoms with Crippen molar-refractivity contribution in [1.82, 2.24) is 10.6 Å². The first-order valence-electron chi connectivity index (χ1n) is 5.91. The van der Waals surface area contributed by atoms with Crippen LogP contribution < -0.4 is 10.6 Å². The Morgan fingerprint density at radius 1 is 1.24 bits per heavy atom. The Hall–Kier alpha value is -1.23. The third-order valence-electron chi connectivity index (χ3n) is 2.95. The van der Waals surface area contributed by atoms with Crippen LogP contribution in [0, 0.1) is 5.41 Å². The number of thiocarbonyl (C=S) groups is 1. The lowest BCUT2D eigenvalue weighted by Crippen LogP contribution is -2.61. The van der Waals surface area contributed by atoms with Crippen molar-refractivity contribution in [2.45, 2.75) is 39.5 Å². The third kappa shape index (κ3) is 2.91. The van der Waals surface area contributed by atoms with Gasteiger partial charge in [-0.1, -0.05) is 38.8 Å². The highest BCUT2D eigenvalue weighted by Crippen LogP contribution is 2.27. The predicted octanol–water partition coefficient (Wildman–Crippen LogP) is 1.66. The van der Waals surface area contributed by atoms with Crippen LogP contribution in [0.25, 0.3) is 0 Å². The summed E-state index contributed by atoms with van der Waals surface area (Å²) in [5.41, 5.74) is -1.10. The molecular weight excluding hydrogens is 236 g/mol. The number of carbonyl (C=O) groups excluding carboxylic acids is 2. The largest absolute Gasteiger partial charge is 0.302 e. The highest BCUT2D eigenvalue weighted by atomic mass is 32.1. The van der Waals surface area contributed by atoms with E-state index in [0.717, 1.165) is 19.3 Å². The van der Waals surface area contributed by atoms with Crippen LogP contribution in [0.3, 0.4) is 0 Å². The normalized spacial score (nSPS) is 19.3. The van der Waals surface area contributed by atoms with Crippen LogP contribution in [0.1, 0.15) is 39.5 Å². The summed E-state index contributed by atoms with van der Waals surface area (Å²) in [4.78, 5) is 23.8.